The first kappa shape index (κ1) is 18.6. The summed E-state index contributed by atoms with van der Waals surface area (Å²) in [4.78, 5) is 10.6. The fourth-order valence-electron chi connectivity index (χ4n) is 4.04. The van der Waals surface area contributed by atoms with Crippen LogP contribution in [0.3, 0.4) is 0 Å². The fraction of sp³-hybridized carbons (Fsp3) is 0.455. The van der Waals surface area contributed by atoms with E-state index in [1.54, 1.807) is 6.07 Å². The molecule has 2 aromatic rings. The van der Waals surface area contributed by atoms with Gasteiger partial charge in [-0.05, 0) is 76.6 Å². The van der Waals surface area contributed by atoms with Gasteiger partial charge in [-0.2, -0.15) is 4.91 Å². The zero-order valence-corrected chi connectivity index (χ0v) is 16.1. The van der Waals surface area contributed by atoms with Crippen LogP contribution in [0.25, 0.3) is 11.1 Å². The molecule has 0 atom stereocenters. The van der Waals surface area contributed by atoms with E-state index in [0.717, 1.165) is 24.0 Å². The molecule has 4 heteroatoms. The average Bonchev–Trinajstić information content (AvgIpc) is 2.55. The van der Waals surface area contributed by atoms with Gasteiger partial charge in [0.2, 0.25) is 0 Å². The van der Waals surface area contributed by atoms with Crippen LogP contribution in [-0.2, 0) is 17.4 Å². The van der Waals surface area contributed by atoms with Gasteiger partial charge < -0.3 is 5.11 Å². The van der Waals surface area contributed by atoms with Gasteiger partial charge in [0.25, 0.3) is 0 Å². The smallest absolute Gasteiger partial charge is 0.165 e. The van der Waals surface area contributed by atoms with Crippen molar-refractivity contribution in [1.82, 2.24) is 0 Å². The Morgan fingerprint density at radius 1 is 1.00 bits per heavy atom. The highest BCUT2D eigenvalue weighted by atomic mass is 19.1. The van der Waals surface area contributed by atoms with E-state index in [0.29, 0.717) is 11.1 Å². The lowest BCUT2D eigenvalue weighted by Crippen LogP contribution is -2.34. The number of benzene rings is 2. The van der Waals surface area contributed by atoms with Gasteiger partial charge in [-0.1, -0.05) is 38.9 Å². The number of fused-ring (bicyclic) bond motifs is 1. The Kier molecular flexibility index (Phi) is 4.41. The summed E-state index contributed by atoms with van der Waals surface area (Å²) in [7, 11) is 0. The molecule has 138 valence electrons. The number of hydrogen-bond acceptors (Lipinski definition) is 3. The highest BCUT2D eigenvalue weighted by Gasteiger charge is 2.37. The number of aromatic hydroxyl groups is 1. The third-order valence-electron chi connectivity index (χ3n) is 5.86. The summed E-state index contributed by atoms with van der Waals surface area (Å²) in [5, 5.41) is 13.2. The third kappa shape index (κ3) is 3.02. The summed E-state index contributed by atoms with van der Waals surface area (Å²) in [6, 6.07) is 7.10. The van der Waals surface area contributed by atoms with Crippen LogP contribution in [0, 0.1) is 17.6 Å². The molecular weight excluding hydrogens is 329 g/mol. The highest BCUT2D eigenvalue weighted by Crippen LogP contribution is 2.48. The predicted molar refractivity (Wildman–Crippen MR) is 103 cm³/mol. The molecule has 1 aliphatic carbocycles. The average molecular weight is 355 g/mol. The van der Waals surface area contributed by atoms with E-state index in [9.17, 15) is 14.4 Å². The first-order valence-electron chi connectivity index (χ1n) is 9.03. The van der Waals surface area contributed by atoms with Crippen molar-refractivity contribution in [3.63, 3.8) is 0 Å². The predicted octanol–water partition coefficient (Wildman–Crippen LogP) is 6.12. The van der Waals surface area contributed by atoms with Crippen LogP contribution in [0.5, 0.6) is 5.75 Å². The summed E-state index contributed by atoms with van der Waals surface area (Å²) < 4.78 is 14.2. The van der Waals surface area contributed by atoms with E-state index in [4.69, 9.17) is 0 Å². The molecule has 0 amide bonds. The van der Waals surface area contributed by atoms with Crippen LogP contribution in [0.15, 0.2) is 29.4 Å². The number of hydrogen-bond donors (Lipinski definition) is 1. The van der Waals surface area contributed by atoms with Crippen molar-refractivity contribution in [2.45, 2.75) is 64.8 Å². The minimum atomic E-state index is -0.724. The van der Waals surface area contributed by atoms with E-state index >= 15 is 0 Å². The normalized spacial score (nSPS) is 17.6. The van der Waals surface area contributed by atoms with Crippen LogP contribution in [-0.4, -0.2) is 5.11 Å². The van der Waals surface area contributed by atoms with Crippen molar-refractivity contribution in [3.05, 3.63) is 57.2 Å². The van der Waals surface area contributed by atoms with Gasteiger partial charge >= 0.3 is 0 Å². The number of rotatable bonds is 3. The number of phenols is 1. The second kappa shape index (κ2) is 6.19. The number of aryl methyl sites for hydroxylation is 1. The zero-order chi connectivity index (χ0) is 19.3. The van der Waals surface area contributed by atoms with Crippen LogP contribution in [0.2, 0.25) is 0 Å². The topological polar surface area (TPSA) is 49.7 Å². The maximum atomic E-state index is 14.2. The second-order valence-corrected chi connectivity index (χ2v) is 8.74. The summed E-state index contributed by atoms with van der Waals surface area (Å²) >= 11 is 0. The molecule has 0 bridgehead atoms. The highest BCUT2D eigenvalue weighted by molar-refractivity contribution is 5.76. The van der Waals surface area contributed by atoms with Gasteiger partial charge in [0.15, 0.2) is 11.6 Å². The lowest BCUT2D eigenvalue weighted by atomic mass is 9.62. The minimum absolute atomic E-state index is 0.0173. The van der Waals surface area contributed by atoms with Gasteiger partial charge in [-0.25, -0.2) is 4.39 Å². The van der Waals surface area contributed by atoms with Crippen molar-refractivity contribution < 1.29 is 9.50 Å². The van der Waals surface area contributed by atoms with Crippen molar-refractivity contribution in [2.24, 2.45) is 5.18 Å². The Morgan fingerprint density at radius 3 is 2.15 bits per heavy atom. The van der Waals surface area contributed by atoms with E-state index in [-0.39, 0.29) is 23.1 Å². The molecule has 1 N–H and O–H groups in total. The van der Waals surface area contributed by atoms with Crippen molar-refractivity contribution in [1.29, 1.82) is 0 Å². The lowest BCUT2D eigenvalue weighted by Gasteiger charge is -2.42. The zero-order valence-electron chi connectivity index (χ0n) is 16.1. The molecule has 0 saturated heterocycles. The molecular formula is C22H26FNO2. The van der Waals surface area contributed by atoms with Crippen LogP contribution >= 0.6 is 0 Å². The van der Waals surface area contributed by atoms with Gasteiger partial charge in [0.05, 0.1) is 0 Å². The monoisotopic (exact) mass is 355 g/mol. The van der Waals surface area contributed by atoms with E-state index in [1.165, 1.54) is 17.2 Å². The standard InChI is InChI=1S/C22H26FNO2/c1-13-8-17-18(22(4,5)7-6-21(17,2)3)11-15(13)16-9-14(12-24-26)10-19(23)20(16)25/h8-11,25H,6-7,12H2,1-5H3. The molecule has 0 aromatic heterocycles. The Morgan fingerprint density at radius 2 is 1.58 bits per heavy atom. The van der Waals surface area contributed by atoms with E-state index < -0.39 is 5.82 Å². The Bertz CT molecular complexity index is 884. The van der Waals surface area contributed by atoms with Crippen LogP contribution < -0.4 is 0 Å². The molecule has 0 heterocycles. The fourth-order valence-corrected chi connectivity index (χ4v) is 4.04. The quantitative estimate of drug-likeness (QED) is 0.674. The van der Waals surface area contributed by atoms with Crippen LogP contribution in [0.1, 0.15) is 62.8 Å². The van der Waals surface area contributed by atoms with Crippen molar-refractivity contribution >= 4 is 0 Å². The van der Waals surface area contributed by atoms with Gasteiger partial charge in [-0.3, -0.25) is 0 Å². The maximum absolute atomic E-state index is 14.2. The first-order chi connectivity index (χ1) is 12.1. The number of nitroso groups, excluding NO2 is 1. The summed E-state index contributed by atoms with van der Waals surface area (Å²) in [6.45, 7) is 10.8. The molecule has 0 spiro atoms. The van der Waals surface area contributed by atoms with Crippen LogP contribution in [0.4, 0.5) is 4.39 Å². The largest absolute Gasteiger partial charge is 0.504 e. The molecule has 2 aromatic carbocycles. The minimum Gasteiger partial charge on any atom is -0.504 e. The Hall–Kier alpha value is -2.23. The van der Waals surface area contributed by atoms with E-state index in [2.05, 4.69) is 45.0 Å². The van der Waals surface area contributed by atoms with Gasteiger partial charge in [0.1, 0.15) is 6.54 Å². The number of phenolic OH excluding ortho intramolecular Hbond substituents is 1. The molecule has 0 fully saturated rings. The number of nitrogens with zero attached hydrogens (tertiary/aromatic N) is 1. The number of halogens is 1. The Labute approximate surface area is 154 Å². The SMILES string of the molecule is Cc1cc2c(cc1-c1cc(CN=O)cc(F)c1O)C(C)(C)CCC2(C)C. The van der Waals surface area contributed by atoms with Gasteiger partial charge in [-0.15, -0.1) is 0 Å². The molecule has 0 aliphatic heterocycles. The van der Waals surface area contributed by atoms with Crippen molar-refractivity contribution in [3.8, 4) is 16.9 Å². The summed E-state index contributed by atoms with van der Waals surface area (Å²) in [5.41, 5.74) is 5.34. The molecule has 1 aliphatic rings. The molecule has 0 unspecified atom stereocenters. The molecule has 3 nitrogen and oxygen atoms in total. The maximum Gasteiger partial charge on any atom is 0.165 e. The first-order valence-corrected chi connectivity index (χ1v) is 9.03. The molecule has 0 radical (unpaired) electrons. The van der Waals surface area contributed by atoms with Crippen molar-refractivity contribution in [2.75, 3.05) is 0 Å². The lowest BCUT2D eigenvalue weighted by molar-refractivity contribution is 0.332. The van der Waals surface area contributed by atoms with E-state index in [1.807, 2.05) is 6.92 Å². The second-order valence-electron chi connectivity index (χ2n) is 8.74. The molecule has 3 rings (SSSR count). The summed E-state index contributed by atoms with van der Waals surface area (Å²) in [6.07, 6.45) is 2.19. The third-order valence-corrected chi connectivity index (χ3v) is 5.86. The molecule has 0 saturated carbocycles. The molecule has 26 heavy (non-hydrogen) atoms. The summed E-state index contributed by atoms with van der Waals surface area (Å²) in [5.74, 6) is -1.10. The Balaban J connectivity index is 2.27. The van der Waals surface area contributed by atoms with Gasteiger partial charge in [0, 0.05) is 5.56 Å².